The van der Waals surface area contributed by atoms with Crippen molar-refractivity contribution in [3.8, 4) is 22.3 Å². The minimum atomic E-state index is -0.604. The lowest BCUT2D eigenvalue weighted by Gasteiger charge is -2.14. The Morgan fingerprint density at radius 1 is 0.481 bits per heavy atom. The molecule has 0 amide bonds. The molecule has 0 N–H and O–H groups in total. The monoisotopic (exact) mass is 364 g/mol. The van der Waals surface area contributed by atoms with Crippen molar-refractivity contribution in [1.82, 2.24) is 0 Å². The molecule has 4 aromatic carbocycles. The number of hydrogen-bond acceptors (Lipinski definition) is 0. The predicted octanol–water partition coefficient (Wildman–Crippen LogP) is 4.76. The standard InChI is InChI=1S/C26H24Si/c1-19-9-7-11-21(17-19)23-13-3-5-15-25(23)27-26-16-6-4-14-24(26)22-12-8-10-20(2)18-22/h3-18H,27H2,1-2H3. The summed E-state index contributed by atoms with van der Waals surface area (Å²) in [4.78, 5) is 0. The highest BCUT2D eigenvalue weighted by atomic mass is 28.2. The highest BCUT2D eigenvalue weighted by molar-refractivity contribution is 6.70. The molecule has 0 saturated carbocycles. The van der Waals surface area contributed by atoms with E-state index in [1.54, 1.807) is 0 Å². The van der Waals surface area contributed by atoms with Crippen molar-refractivity contribution >= 4 is 19.9 Å². The van der Waals surface area contributed by atoms with Crippen LogP contribution < -0.4 is 10.4 Å². The van der Waals surface area contributed by atoms with Gasteiger partial charge in [0.25, 0.3) is 0 Å². The van der Waals surface area contributed by atoms with E-state index < -0.39 is 9.52 Å². The first-order valence-electron chi connectivity index (χ1n) is 9.50. The first-order valence-corrected chi connectivity index (χ1v) is 10.9. The smallest absolute Gasteiger partial charge is 0.0627 e. The number of benzene rings is 4. The molecule has 27 heavy (non-hydrogen) atoms. The number of hydrogen-bond donors (Lipinski definition) is 0. The van der Waals surface area contributed by atoms with Crippen LogP contribution >= 0.6 is 0 Å². The summed E-state index contributed by atoms with van der Waals surface area (Å²) < 4.78 is 0. The van der Waals surface area contributed by atoms with Crippen molar-refractivity contribution in [2.75, 3.05) is 0 Å². The molecule has 0 fully saturated rings. The predicted molar refractivity (Wildman–Crippen MR) is 121 cm³/mol. The molecule has 0 heterocycles. The van der Waals surface area contributed by atoms with Gasteiger partial charge < -0.3 is 0 Å². The number of rotatable bonds is 4. The lowest BCUT2D eigenvalue weighted by atomic mass is 10.0. The Balaban J connectivity index is 1.77. The van der Waals surface area contributed by atoms with Crippen LogP contribution in [0.2, 0.25) is 0 Å². The molecule has 0 radical (unpaired) electrons. The zero-order valence-electron chi connectivity index (χ0n) is 15.9. The third-order valence-corrected chi connectivity index (χ3v) is 7.07. The Bertz CT molecular complexity index is 992. The van der Waals surface area contributed by atoms with Crippen molar-refractivity contribution in [3.05, 3.63) is 108 Å². The lowest BCUT2D eigenvalue weighted by molar-refractivity contribution is 1.47. The van der Waals surface area contributed by atoms with Gasteiger partial charge in [0, 0.05) is 0 Å². The van der Waals surface area contributed by atoms with E-state index in [0.29, 0.717) is 0 Å². The van der Waals surface area contributed by atoms with Crippen LogP contribution in [0.1, 0.15) is 11.1 Å². The Kier molecular flexibility index (Phi) is 5.04. The topological polar surface area (TPSA) is 0 Å². The summed E-state index contributed by atoms with van der Waals surface area (Å²) in [5, 5.41) is 3.01. The average Bonchev–Trinajstić information content (AvgIpc) is 2.69. The van der Waals surface area contributed by atoms with Gasteiger partial charge >= 0.3 is 0 Å². The second-order valence-corrected chi connectivity index (χ2v) is 9.11. The van der Waals surface area contributed by atoms with E-state index in [0.717, 1.165) is 0 Å². The van der Waals surface area contributed by atoms with Crippen LogP contribution in [0.25, 0.3) is 22.3 Å². The van der Waals surface area contributed by atoms with Crippen molar-refractivity contribution in [2.45, 2.75) is 13.8 Å². The second-order valence-electron chi connectivity index (χ2n) is 7.23. The lowest BCUT2D eigenvalue weighted by Crippen LogP contribution is -2.30. The van der Waals surface area contributed by atoms with E-state index in [4.69, 9.17) is 0 Å². The highest BCUT2D eigenvalue weighted by Gasteiger charge is 2.10. The molecule has 4 rings (SSSR count). The fourth-order valence-electron chi connectivity index (χ4n) is 3.74. The Morgan fingerprint density at radius 3 is 1.37 bits per heavy atom. The summed E-state index contributed by atoms with van der Waals surface area (Å²) in [5.74, 6) is 0. The van der Waals surface area contributed by atoms with Gasteiger partial charge in [0.1, 0.15) is 0 Å². The minimum Gasteiger partial charge on any atom is -0.0627 e. The molecule has 0 atom stereocenters. The third-order valence-electron chi connectivity index (χ3n) is 5.07. The van der Waals surface area contributed by atoms with Crippen molar-refractivity contribution < 1.29 is 0 Å². The molecule has 0 aliphatic rings. The molecular weight excluding hydrogens is 340 g/mol. The minimum absolute atomic E-state index is 0.604. The summed E-state index contributed by atoms with van der Waals surface area (Å²) in [7, 11) is -0.604. The Morgan fingerprint density at radius 2 is 0.926 bits per heavy atom. The Hall–Kier alpha value is -2.90. The molecule has 0 nitrogen and oxygen atoms in total. The summed E-state index contributed by atoms with van der Waals surface area (Å²) >= 11 is 0. The molecule has 0 bridgehead atoms. The van der Waals surface area contributed by atoms with E-state index in [1.165, 1.54) is 43.8 Å². The molecule has 0 aliphatic heterocycles. The normalized spacial score (nSPS) is 10.7. The van der Waals surface area contributed by atoms with Gasteiger partial charge in [-0.25, -0.2) is 0 Å². The second kappa shape index (κ2) is 7.77. The van der Waals surface area contributed by atoms with Gasteiger partial charge in [0.2, 0.25) is 0 Å². The molecule has 0 spiro atoms. The van der Waals surface area contributed by atoms with Crippen LogP contribution in [0.5, 0.6) is 0 Å². The van der Waals surface area contributed by atoms with Gasteiger partial charge in [0.15, 0.2) is 0 Å². The fourth-order valence-corrected chi connectivity index (χ4v) is 5.69. The molecular formula is C26H24Si. The average molecular weight is 365 g/mol. The van der Waals surface area contributed by atoms with Gasteiger partial charge in [-0.2, -0.15) is 0 Å². The van der Waals surface area contributed by atoms with Gasteiger partial charge in [-0.1, -0.05) is 119 Å². The SMILES string of the molecule is Cc1cccc(-c2ccccc2[SiH2]c2ccccc2-c2cccc(C)c2)c1. The summed E-state index contributed by atoms with van der Waals surface area (Å²) in [6.07, 6.45) is 0. The molecule has 0 aliphatic carbocycles. The van der Waals surface area contributed by atoms with E-state index >= 15 is 0 Å². The van der Waals surface area contributed by atoms with E-state index in [9.17, 15) is 0 Å². The quantitative estimate of drug-likeness (QED) is 0.458. The first-order chi connectivity index (χ1) is 13.2. The summed E-state index contributed by atoms with van der Waals surface area (Å²) in [6, 6.07) is 35.5. The van der Waals surface area contributed by atoms with Crippen LogP contribution in [-0.2, 0) is 0 Å². The van der Waals surface area contributed by atoms with Crippen LogP contribution in [0, 0.1) is 13.8 Å². The van der Waals surface area contributed by atoms with Crippen LogP contribution in [0.15, 0.2) is 97.1 Å². The zero-order valence-corrected chi connectivity index (χ0v) is 17.4. The summed E-state index contributed by atoms with van der Waals surface area (Å²) in [5.41, 5.74) is 8.03. The van der Waals surface area contributed by atoms with E-state index in [2.05, 4.69) is 111 Å². The summed E-state index contributed by atoms with van der Waals surface area (Å²) in [6.45, 7) is 4.33. The Labute approximate surface area is 164 Å². The molecule has 132 valence electrons. The maximum absolute atomic E-state index is 2.32. The molecule has 0 saturated heterocycles. The largest absolute Gasteiger partial charge is 0.0891 e. The van der Waals surface area contributed by atoms with Crippen LogP contribution in [0.4, 0.5) is 0 Å². The highest BCUT2D eigenvalue weighted by Crippen LogP contribution is 2.20. The van der Waals surface area contributed by atoms with Gasteiger partial charge in [0.05, 0.1) is 9.52 Å². The van der Waals surface area contributed by atoms with Crippen molar-refractivity contribution in [2.24, 2.45) is 0 Å². The van der Waals surface area contributed by atoms with Crippen molar-refractivity contribution in [1.29, 1.82) is 0 Å². The van der Waals surface area contributed by atoms with Gasteiger partial charge in [-0.05, 0) is 36.1 Å². The first kappa shape index (κ1) is 17.5. The van der Waals surface area contributed by atoms with Gasteiger partial charge in [-0.15, -0.1) is 0 Å². The van der Waals surface area contributed by atoms with E-state index in [-0.39, 0.29) is 0 Å². The molecule has 4 aromatic rings. The maximum Gasteiger partial charge on any atom is 0.0891 e. The molecule has 0 unspecified atom stereocenters. The maximum atomic E-state index is 2.32. The van der Waals surface area contributed by atoms with Crippen LogP contribution in [0.3, 0.4) is 0 Å². The number of aryl methyl sites for hydroxylation is 2. The van der Waals surface area contributed by atoms with Crippen molar-refractivity contribution in [3.63, 3.8) is 0 Å². The van der Waals surface area contributed by atoms with Crippen LogP contribution in [-0.4, -0.2) is 9.52 Å². The fraction of sp³-hybridized carbons (Fsp3) is 0.0769. The molecule has 0 aromatic heterocycles. The van der Waals surface area contributed by atoms with E-state index in [1.807, 2.05) is 0 Å². The third kappa shape index (κ3) is 3.94. The van der Waals surface area contributed by atoms with Gasteiger partial charge in [-0.3, -0.25) is 0 Å². The molecule has 1 heteroatoms. The zero-order chi connectivity index (χ0) is 18.6.